The maximum Gasteiger partial charge on any atom is 0.493 e. The first kappa shape index (κ1) is 15.9. The fraction of sp³-hybridized carbons (Fsp3) is 0.667. The Kier molecular flexibility index (Phi) is 3.99. The average molecular weight is 278 g/mol. The van der Waals surface area contributed by atoms with Gasteiger partial charge in [0.05, 0.1) is 6.26 Å². The van der Waals surface area contributed by atoms with Crippen LogP contribution in [0.2, 0.25) is 0 Å². The Labute approximate surface area is 87.6 Å². The lowest BCUT2D eigenvalue weighted by molar-refractivity contribution is -0.511. The van der Waals surface area contributed by atoms with Crippen LogP contribution in [0.15, 0.2) is 12.8 Å². The third kappa shape index (κ3) is 3.41. The van der Waals surface area contributed by atoms with E-state index in [-0.39, 0.29) is 6.26 Å². The van der Waals surface area contributed by atoms with Crippen LogP contribution in [0, 0.1) is 0 Å². The van der Waals surface area contributed by atoms with E-state index in [1.54, 1.807) is 4.74 Å². The van der Waals surface area contributed by atoms with Crippen molar-refractivity contribution in [3.63, 3.8) is 0 Å². The molecule has 0 spiro atoms. The highest BCUT2D eigenvalue weighted by Gasteiger charge is 2.71. The second kappa shape index (κ2) is 4.27. The third-order valence-electron chi connectivity index (χ3n) is 1.16. The van der Waals surface area contributed by atoms with Crippen molar-refractivity contribution in [2.75, 3.05) is 0 Å². The Bertz CT molecular complexity index is 282. The van der Waals surface area contributed by atoms with Gasteiger partial charge in [-0.25, -0.2) is 4.74 Å². The van der Waals surface area contributed by atoms with Crippen molar-refractivity contribution in [2.45, 2.75) is 24.5 Å². The quantitative estimate of drug-likeness (QED) is 0.566. The summed E-state index contributed by atoms with van der Waals surface area (Å²) in [6.07, 6.45) is -25.3. The molecule has 0 atom stereocenters. The topological polar surface area (TPSA) is 18.5 Å². The van der Waals surface area contributed by atoms with Crippen molar-refractivity contribution in [1.82, 2.24) is 0 Å². The Balaban J connectivity index is 5.05. The molecular formula is C6H3F9O2. The molecule has 0 aromatic rings. The Morgan fingerprint density at radius 2 is 1.12 bits per heavy atom. The van der Waals surface area contributed by atoms with Crippen LogP contribution in [0.4, 0.5) is 39.5 Å². The number of alkyl halides is 9. The molecule has 0 rings (SSSR count). The molecule has 0 aliphatic rings. The molecule has 0 heterocycles. The van der Waals surface area contributed by atoms with Crippen LogP contribution < -0.4 is 0 Å². The minimum absolute atomic E-state index is 0.275. The molecule has 0 amide bonds. The van der Waals surface area contributed by atoms with Crippen LogP contribution in [0.3, 0.4) is 0 Å². The predicted octanol–water partition coefficient (Wildman–Crippen LogP) is 3.50. The maximum atomic E-state index is 12.3. The molecule has 0 N–H and O–H groups in total. The summed E-state index contributed by atoms with van der Waals surface area (Å²) in [7, 11) is 0. The van der Waals surface area contributed by atoms with E-state index in [1.807, 2.05) is 0 Å². The average Bonchev–Trinajstić information content (AvgIpc) is 1.98. The lowest BCUT2D eigenvalue weighted by atomic mass is 10.5. The van der Waals surface area contributed by atoms with E-state index in [1.165, 1.54) is 0 Å². The van der Waals surface area contributed by atoms with E-state index >= 15 is 0 Å². The van der Waals surface area contributed by atoms with Gasteiger partial charge < -0.3 is 4.74 Å². The molecule has 0 radical (unpaired) electrons. The molecule has 0 aromatic carbocycles. The SMILES string of the molecule is C=COC(F)(F)C(F)(F)OC(F)(F)C(F)(F)F. The Hall–Kier alpha value is -1.13. The smallest absolute Gasteiger partial charge is 0.435 e. The molecular weight excluding hydrogens is 275 g/mol. The molecule has 0 bridgehead atoms. The van der Waals surface area contributed by atoms with Gasteiger partial charge in [-0.2, -0.15) is 39.5 Å². The second-order valence-corrected chi connectivity index (χ2v) is 2.43. The fourth-order valence-corrected chi connectivity index (χ4v) is 0.452. The first-order chi connectivity index (χ1) is 7.27. The summed E-state index contributed by atoms with van der Waals surface area (Å²) in [5.41, 5.74) is 0. The van der Waals surface area contributed by atoms with Gasteiger partial charge in [-0.15, -0.1) is 0 Å². The molecule has 102 valence electrons. The van der Waals surface area contributed by atoms with Crippen molar-refractivity contribution in [3.8, 4) is 0 Å². The minimum Gasteiger partial charge on any atom is -0.435 e. The lowest BCUT2D eigenvalue weighted by Crippen LogP contribution is -2.52. The van der Waals surface area contributed by atoms with E-state index in [2.05, 4.69) is 11.3 Å². The van der Waals surface area contributed by atoms with Gasteiger partial charge in [0.15, 0.2) is 0 Å². The number of hydrogen-bond acceptors (Lipinski definition) is 2. The standard InChI is InChI=1S/C6H3F9O2/c1-2-16-5(12,13)6(14,15)17-4(10,11)3(7,8)9/h2H,1H2. The molecule has 0 fully saturated rings. The van der Waals surface area contributed by atoms with E-state index in [0.717, 1.165) is 0 Å². The maximum absolute atomic E-state index is 12.3. The van der Waals surface area contributed by atoms with Gasteiger partial charge >= 0.3 is 24.5 Å². The molecule has 11 heteroatoms. The zero-order valence-electron chi connectivity index (χ0n) is 7.50. The number of hydrogen-bond donors (Lipinski definition) is 0. The summed E-state index contributed by atoms with van der Waals surface area (Å²) in [4.78, 5) is 0. The first-order valence-electron chi connectivity index (χ1n) is 3.46. The molecule has 0 saturated carbocycles. The predicted molar refractivity (Wildman–Crippen MR) is 33.3 cm³/mol. The Morgan fingerprint density at radius 3 is 1.41 bits per heavy atom. The lowest BCUT2D eigenvalue weighted by Gasteiger charge is -2.28. The van der Waals surface area contributed by atoms with Crippen molar-refractivity contribution in [2.24, 2.45) is 0 Å². The molecule has 0 aliphatic carbocycles. The molecule has 17 heavy (non-hydrogen) atoms. The summed E-state index contributed by atoms with van der Waals surface area (Å²) in [6.45, 7) is 2.40. The Morgan fingerprint density at radius 1 is 0.706 bits per heavy atom. The van der Waals surface area contributed by atoms with Gasteiger partial charge in [-0.3, -0.25) is 0 Å². The fourth-order valence-electron chi connectivity index (χ4n) is 0.452. The van der Waals surface area contributed by atoms with E-state index < -0.39 is 24.5 Å². The van der Waals surface area contributed by atoms with Gasteiger partial charge in [0.1, 0.15) is 0 Å². The third-order valence-corrected chi connectivity index (χ3v) is 1.16. The summed E-state index contributed by atoms with van der Waals surface area (Å²) in [6, 6.07) is 0. The normalized spacial score (nSPS) is 14.6. The van der Waals surface area contributed by atoms with Crippen LogP contribution in [-0.2, 0) is 9.47 Å². The van der Waals surface area contributed by atoms with Crippen LogP contribution in [0.25, 0.3) is 0 Å². The van der Waals surface area contributed by atoms with Crippen LogP contribution >= 0.6 is 0 Å². The zero-order valence-corrected chi connectivity index (χ0v) is 7.50. The summed E-state index contributed by atoms with van der Waals surface area (Å²) < 4.78 is 112. The van der Waals surface area contributed by atoms with Gasteiger partial charge in [0, 0.05) is 0 Å². The monoisotopic (exact) mass is 278 g/mol. The van der Waals surface area contributed by atoms with Crippen LogP contribution in [-0.4, -0.2) is 24.5 Å². The van der Waals surface area contributed by atoms with Gasteiger partial charge in [-0.1, -0.05) is 6.58 Å². The van der Waals surface area contributed by atoms with E-state index in [0.29, 0.717) is 0 Å². The summed E-state index contributed by atoms with van der Waals surface area (Å²) in [5, 5.41) is 0. The van der Waals surface area contributed by atoms with Gasteiger partial charge in [-0.05, 0) is 0 Å². The molecule has 0 aromatic heterocycles. The van der Waals surface area contributed by atoms with Gasteiger partial charge in [0.25, 0.3) is 0 Å². The summed E-state index contributed by atoms with van der Waals surface area (Å²) in [5.74, 6) is 0. The summed E-state index contributed by atoms with van der Waals surface area (Å²) >= 11 is 0. The molecule has 2 nitrogen and oxygen atoms in total. The zero-order chi connectivity index (χ0) is 14.1. The largest absolute Gasteiger partial charge is 0.493 e. The molecule has 0 saturated heterocycles. The highest BCUT2D eigenvalue weighted by Crippen LogP contribution is 2.45. The van der Waals surface area contributed by atoms with Gasteiger partial charge in [0.2, 0.25) is 0 Å². The first-order valence-corrected chi connectivity index (χ1v) is 3.46. The molecule has 0 aliphatic heterocycles. The highest BCUT2D eigenvalue weighted by atomic mass is 19.4. The van der Waals surface area contributed by atoms with Crippen molar-refractivity contribution in [1.29, 1.82) is 0 Å². The molecule has 0 unspecified atom stereocenters. The van der Waals surface area contributed by atoms with Crippen molar-refractivity contribution >= 4 is 0 Å². The highest BCUT2D eigenvalue weighted by molar-refractivity contribution is 4.75. The van der Waals surface area contributed by atoms with Crippen molar-refractivity contribution in [3.05, 3.63) is 12.8 Å². The van der Waals surface area contributed by atoms with Crippen LogP contribution in [0.1, 0.15) is 0 Å². The van der Waals surface area contributed by atoms with E-state index in [9.17, 15) is 39.5 Å². The van der Waals surface area contributed by atoms with Crippen LogP contribution in [0.5, 0.6) is 0 Å². The number of ether oxygens (including phenoxy) is 2. The van der Waals surface area contributed by atoms with Crippen molar-refractivity contribution < 1.29 is 49.0 Å². The number of rotatable bonds is 5. The van der Waals surface area contributed by atoms with E-state index in [4.69, 9.17) is 0 Å². The minimum atomic E-state index is -6.58. The second-order valence-electron chi connectivity index (χ2n) is 2.43. The number of halogens is 9.